The number of alkyl halides is 2. The van der Waals surface area contributed by atoms with Crippen molar-refractivity contribution in [3.63, 3.8) is 0 Å². The first-order valence-corrected chi connectivity index (χ1v) is 14.1. The van der Waals surface area contributed by atoms with Crippen LogP contribution in [-0.2, 0) is 12.5 Å². The summed E-state index contributed by atoms with van der Waals surface area (Å²) in [5.41, 5.74) is 0.934. The summed E-state index contributed by atoms with van der Waals surface area (Å²) >= 11 is 0. The van der Waals surface area contributed by atoms with E-state index in [0.717, 1.165) is 61.6 Å². The van der Waals surface area contributed by atoms with E-state index in [0.29, 0.717) is 0 Å². The van der Waals surface area contributed by atoms with Gasteiger partial charge in [0.2, 0.25) is 0 Å². The summed E-state index contributed by atoms with van der Waals surface area (Å²) in [4.78, 5) is 0. The van der Waals surface area contributed by atoms with E-state index in [1.54, 1.807) is 12.1 Å². The summed E-state index contributed by atoms with van der Waals surface area (Å²) in [5, 5.41) is 0. The number of aryl methyl sites for hydroxylation is 1. The van der Waals surface area contributed by atoms with Crippen LogP contribution in [0.25, 0.3) is 33.4 Å². The first kappa shape index (κ1) is 30.9. The van der Waals surface area contributed by atoms with Gasteiger partial charge in [0.25, 0.3) is 0 Å². The van der Waals surface area contributed by atoms with Gasteiger partial charge in [-0.3, -0.25) is 0 Å². The van der Waals surface area contributed by atoms with Crippen molar-refractivity contribution in [2.75, 3.05) is 0 Å². The van der Waals surface area contributed by atoms with Gasteiger partial charge in [-0.25, -0.2) is 22.0 Å². The van der Waals surface area contributed by atoms with Crippen LogP contribution in [0.3, 0.4) is 0 Å². The second kappa shape index (κ2) is 13.0. The molecule has 5 aromatic rings. The fourth-order valence-electron chi connectivity index (χ4n) is 4.94. The number of benzene rings is 5. The van der Waals surface area contributed by atoms with Gasteiger partial charge in [0.05, 0.1) is 5.56 Å². The summed E-state index contributed by atoms with van der Waals surface area (Å²) in [7, 11) is 0. The molecule has 0 aliphatic heterocycles. The Morgan fingerprint density at radius 2 is 1.02 bits per heavy atom. The van der Waals surface area contributed by atoms with Crippen LogP contribution >= 0.6 is 0 Å². The Kier molecular flexibility index (Phi) is 9.09. The van der Waals surface area contributed by atoms with Crippen LogP contribution in [-0.4, -0.2) is 0 Å². The van der Waals surface area contributed by atoms with E-state index in [1.807, 2.05) is 0 Å². The molecule has 0 aromatic heterocycles. The van der Waals surface area contributed by atoms with Crippen molar-refractivity contribution in [2.45, 2.75) is 38.7 Å². The Morgan fingerprint density at radius 1 is 0.523 bits per heavy atom. The Morgan fingerprint density at radius 3 is 1.52 bits per heavy atom. The Balaban J connectivity index is 1.32. The molecule has 0 amide bonds. The van der Waals surface area contributed by atoms with Gasteiger partial charge in [-0.05, 0) is 83.6 Å². The number of rotatable bonds is 10. The van der Waals surface area contributed by atoms with Gasteiger partial charge in [-0.2, -0.15) is 8.78 Å². The van der Waals surface area contributed by atoms with Gasteiger partial charge in [0, 0.05) is 22.8 Å². The minimum Gasteiger partial charge on any atom is -0.429 e. The molecule has 1 nitrogen and oxygen atoms in total. The van der Waals surface area contributed by atoms with Crippen molar-refractivity contribution in [3.05, 3.63) is 137 Å². The lowest BCUT2D eigenvalue weighted by Gasteiger charge is -2.19. The average Bonchev–Trinajstić information content (AvgIpc) is 2.99. The Hall–Kier alpha value is -4.59. The zero-order valence-corrected chi connectivity index (χ0v) is 23.6. The van der Waals surface area contributed by atoms with Gasteiger partial charge < -0.3 is 4.74 Å². The third kappa shape index (κ3) is 6.80. The molecule has 0 atom stereocenters. The topological polar surface area (TPSA) is 9.23 Å². The molecule has 8 heteroatoms. The average molecular weight is 609 g/mol. The lowest BCUT2D eigenvalue weighted by molar-refractivity contribution is -0.185. The van der Waals surface area contributed by atoms with Crippen LogP contribution in [0.2, 0.25) is 0 Å². The molecule has 0 heterocycles. The lowest BCUT2D eigenvalue weighted by atomic mass is 9.97. The largest absolute Gasteiger partial charge is 0.429 e. The molecule has 0 aliphatic carbocycles. The minimum absolute atomic E-state index is 0.000871. The SMILES string of the molecule is CCCCCc1ccc(C(F)(F)Oc2ccc(-c3ccc(-c4ccc(-c5ccc(F)c(F)c5)c(F)c4)c(F)c3)c(F)c2)cc1. The van der Waals surface area contributed by atoms with Crippen LogP contribution in [0.5, 0.6) is 5.75 Å². The molecule has 0 N–H and O–H groups in total. The van der Waals surface area contributed by atoms with Crippen molar-refractivity contribution in [2.24, 2.45) is 0 Å². The second-order valence-electron chi connectivity index (χ2n) is 10.4. The quantitative estimate of drug-likeness (QED) is 0.113. The smallest absolute Gasteiger partial charge is 0.426 e. The highest BCUT2D eigenvalue weighted by Crippen LogP contribution is 2.36. The van der Waals surface area contributed by atoms with E-state index in [-0.39, 0.29) is 38.9 Å². The lowest BCUT2D eigenvalue weighted by Crippen LogP contribution is -2.22. The molecule has 0 radical (unpaired) electrons. The molecule has 0 saturated carbocycles. The van der Waals surface area contributed by atoms with Crippen molar-refractivity contribution >= 4 is 0 Å². The third-order valence-electron chi connectivity index (χ3n) is 7.34. The van der Waals surface area contributed by atoms with Crippen LogP contribution < -0.4 is 4.74 Å². The number of hydrogen-bond donors (Lipinski definition) is 0. The highest BCUT2D eigenvalue weighted by Gasteiger charge is 2.34. The molecule has 44 heavy (non-hydrogen) atoms. The molecule has 0 unspecified atom stereocenters. The fourth-order valence-corrected chi connectivity index (χ4v) is 4.94. The maximum Gasteiger partial charge on any atom is 0.426 e. The van der Waals surface area contributed by atoms with Gasteiger partial charge >= 0.3 is 6.11 Å². The van der Waals surface area contributed by atoms with Crippen LogP contribution in [0, 0.1) is 29.1 Å². The summed E-state index contributed by atoms with van der Waals surface area (Å²) in [5.74, 6) is -5.07. The summed E-state index contributed by atoms with van der Waals surface area (Å²) in [6.45, 7) is 2.08. The van der Waals surface area contributed by atoms with E-state index >= 15 is 8.78 Å². The van der Waals surface area contributed by atoms with E-state index in [9.17, 15) is 22.0 Å². The van der Waals surface area contributed by atoms with Gasteiger partial charge in [0.15, 0.2) is 11.6 Å². The first-order chi connectivity index (χ1) is 21.1. The van der Waals surface area contributed by atoms with E-state index in [1.165, 1.54) is 54.6 Å². The third-order valence-corrected chi connectivity index (χ3v) is 7.34. The highest BCUT2D eigenvalue weighted by molar-refractivity contribution is 5.74. The van der Waals surface area contributed by atoms with Crippen LogP contribution in [0.1, 0.15) is 37.3 Å². The van der Waals surface area contributed by atoms with E-state index in [4.69, 9.17) is 4.74 Å². The molecule has 0 saturated heterocycles. The molecule has 0 fully saturated rings. The zero-order valence-electron chi connectivity index (χ0n) is 23.6. The number of unbranched alkanes of at least 4 members (excludes halogenated alkanes) is 2. The van der Waals surface area contributed by atoms with Crippen molar-refractivity contribution < 1.29 is 35.5 Å². The van der Waals surface area contributed by atoms with E-state index < -0.39 is 40.9 Å². The highest BCUT2D eigenvalue weighted by atomic mass is 19.3. The molecule has 0 spiro atoms. The number of halogens is 7. The molecular weight excluding hydrogens is 581 g/mol. The number of ether oxygens (including phenoxy) is 1. The summed E-state index contributed by atoms with van der Waals surface area (Å²) < 4.78 is 106. The van der Waals surface area contributed by atoms with E-state index in [2.05, 4.69) is 6.92 Å². The van der Waals surface area contributed by atoms with Gasteiger partial charge in [-0.1, -0.05) is 62.2 Å². The molecule has 0 bridgehead atoms. The fraction of sp³-hybridized carbons (Fsp3) is 0.167. The summed E-state index contributed by atoms with van der Waals surface area (Å²) in [6.07, 6.45) is 0.157. The monoisotopic (exact) mass is 608 g/mol. The predicted octanol–water partition coefficient (Wildman–Crippen LogP) is 11.2. The maximum atomic E-state index is 15.2. The van der Waals surface area contributed by atoms with Crippen LogP contribution in [0.15, 0.2) is 97.1 Å². The molecule has 5 rings (SSSR count). The molecule has 0 aliphatic rings. The minimum atomic E-state index is -3.71. The number of hydrogen-bond acceptors (Lipinski definition) is 1. The van der Waals surface area contributed by atoms with Crippen molar-refractivity contribution in [3.8, 4) is 39.1 Å². The molecule has 226 valence electrons. The molecular formula is C36H27F7O. The maximum absolute atomic E-state index is 15.2. The Labute approximate surface area is 250 Å². The molecule has 5 aromatic carbocycles. The van der Waals surface area contributed by atoms with Crippen molar-refractivity contribution in [1.82, 2.24) is 0 Å². The first-order valence-electron chi connectivity index (χ1n) is 14.1. The normalized spacial score (nSPS) is 11.5. The van der Waals surface area contributed by atoms with Crippen molar-refractivity contribution in [1.29, 1.82) is 0 Å². The zero-order chi connectivity index (χ0) is 31.4. The summed E-state index contributed by atoms with van der Waals surface area (Å²) in [6, 6.07) is 19.6. The standard InChI is InChI=1S/C36H27F7O/c1-2-3-4-5-22-6-11-26(12-7-22)36(42,43)44-27-13-16-30(34(40)21-27)24-9-14-28(32(38)19-24)23-8-15-29(33(39)18-23)25-10-17-31(37)35(41)20-25/h6-21H,2-5H2,1H3. The Bertz CT molecular complexity index is 1780. The van der Waals surface area contributed by atoms with Crippen LogP contribution in [0.4, 0.5) is 30.7 Å². The van der Waals surface area contributed by atoms with Gasteiger partial charge in [0.1, 0.15) is 23.2 Å². The second-order valence-corrected chi connectivity index (χ2v) is 10.4. The predicted molar refractivity (Wildman–Crippen MR) is 157 cm³/mol. The van der Waals surface area contributed by atoms with Gasteiger partial charge in [-0.15, -0.1) is 0 Å².